The zero-order valence-corrected chi connectivity index (χ0v) is 15.1. The van der Waals surface area contributed by atoms with Gasteiger partial charge in [-0.05, 0) is 35.2 Å². The monoisotopic (exact) mass is 371 g/mol. The zero-order chi connectivity index (χ0) is 19.2. The predicted molar refractivity (Wildman–Crippen MR) is 95.3 cm³/mol. The van der Waals surface area contributed by atoms with Crippen LogP contribution in [0.25, 0.3) is 0 Å². The molecule has 2 N–H and O–H groups in total. The molecular weight excluding hydrogens is 350 g/mol. The smallest absolute Gasteiger partial charge is 0.280 e. The van der Waals surface area contributed by atoms with Crippen LogP contribution in [-0.2, 0) is 21.5 Å². The van der Waals surface area contributed by atoms with Crippen LogP contribution >= 0.6 is 0 Å². The second-order valence-electron chi connectivity index (χ2n) is 6.58. The molecule has 142 valence electrons. The van der Waals surface area contributed by atoms with Crippen molar-refractivity contribution in [3.8, 4) is 11.5 Å². The highest BCUT2D eigenvalue weighted by molar-refractivity contribution is 5.83. The topological polar surface area (TPSA) is 88.5 Å². The summed E-state index contributed by atoms with van der Waals surface area (Å²) in [5.74, 6) is 0.481. The summed E-state index contributed by atoms with van der Waals surface area (Å²) in [6.07, 6.45) is -2.60. The quantitative estimate of drug-likeness (QED) is 0.837. The van der Waals surface area contributed by atoms with Crippen molar-refractivity contribution in [3.63, 3.8) is 0 Å². The number of methoxy groups -OCH3 is 2. The lowest BCUT2D eigenvalue weighted by Gasteiger charge is -2.54. The third-order valence-corrected chi connectivity index (χ3v) is 5.36. The Hall–Kier alpha value is -2.61. The molecule has 7 nitrogen and oxygen atoms in total. The van der Waals surface area contributed by atoms with E-state index in [0.29, 0.717) is 35.6 Å². The van der Waals surface area contributed by atoms with Crippen molar-refractivity contribution in [2.24, 2.45) is 0 Å². The Morgan fingerprint density at radius 2 is 1.78 bits per heavy atom. The number of hydrogen-bond acceptors (Lipinski definition) is 6. The van der Waals surface area contributed by atoms with E-state index in [1.807, 2.05) is 36.4 Å². The summed E-state index contributed by atoms with van der Waals surface area (Å²) in [5.41, 5.74) is 1.00. The highest BCUT2D eigenvalue weighted by Gasteiger charge is 2.57. The van der Waals surface area contributed by atoms with Crippen LogP contribution < -0.4 is 9.47 Å². The largest absolute Gasteiger partial charge is 0.493 e. The number of nitrogens with zero attached hydrogens (tertiary/aromatic N) is 1. The van der Waals surface area contributed by atoms with Crippen molar-refractivity contribution in [3.05, 3.63) is 59.2 Å². The van der Waals surface area contributed by atoms with Gasteiger partial charge < -0.3 is 29.3 Å². The molecule has 1 saturated heterocycles. The Morgan fingerprint density at radius 1 is 1.11 bits per heavy atom. The highest BCUT2D eigenvalue weighted by Crippen LogP contribution is 2.49. The molecule has 0 radical (unpaired) electrons. The minimum Gasteiger partial charge on any atom is -0.493 e. The van der Waals surface area contributed by atoms with Gasteiger partial charge in [-0.15, -0.1) is 0 Å². The summed E-state index contributed by atoms with van der Waals surface area (Å²) in [4.78, 5) is 14.3. The van der Waals surface area contributed by atoms with E-state index in [2.05, 4.69) is 0 Å². The van der Waals surface area contributed by atoms with Gasteiger partial charge in [-0.1, -0.05) is 30.3 Å². The maximum Gasteiger partial charge on any atom is 0.280 e. The van der Waals surface area contributed by atoms with Gasteiger partial charge in [-0.25, -0.2) is 0 Å². The Labute approximate surface area is 156 Å². The number of benzene rings is 2. The van der Waals surface area contributed by atoms with E-state index in [9.17, 15) is 15.0 Å². The van der Waals surface area contributed by atoms with E-state index >= 15 is 0 Å². The summed E-state index contributed by atoms with van der Waals surface area (Å²) in [6, 6.07) is 12.8. The van der Waals surface area contributed by atoms with Gasteiger partial charge in [-0.3, -0.25) is 4.79 Å². The third-order valence-electron chi connectivity index (χ3n) is 5.36. The van der Waals surface area contributed by atoms with Crippen molar-refractivity contribution < 1.29 is 29.2 Å². The van der Waals surface area contributed by atoms with Crippen LogP contribution in [0.15, 0.2) is 42.5 Å². The number of aliphatic hydroxyl groups is 2. The number of fused-ring (bicyclic) bond motifs is 3. The molecule has 1 fully saturated rings. The van der Waals surface area contributed by atoms with Crippen LogP contribution in [0.4, 0.5) is 0 Å². The molecular formula is C20H21NO6. The molecule has 2 aliphatic heterocycles. The van der Waals surface area contributed by atoms with Gasteiger partial charge in [0.25, 0.3) is 5.91 Å². The van der Waals surface area contributed by atoms with Gasteiger partial charge in [0, 0.05) is 6.54 Å². The van der Waals surface area contributed by atoms with Crippen molar-refractivity contribution in [1.29, 1.82) is 0 Å². The summed E-state index contributed by atoms with van der Waals surface area (Å²) in [7, 11) is 3.09. The molecule has 2 unspecified atom stereocenters. The first-order chi connectivity index (χ1) is 13.0. The molecule has 3 atom stereocenters. The molecule has 2 aromatic rings. The van der Waals surface area contributed by atoms with Crippen molar-refractivity contribution in [2.75, 3.05) is 20.8 Å². The second-order valence-corrected chi connectivity index (χ2v) is 6.58. The highest BCUT2D eigenvalue weighted by atomic mass is 16.7. The van der Waals surface area contributed by atoms with Gasteiger partial charge in [0.2, 0.25) is 6.29 Å². The molecule has 4 rings (SSSR count). The molecule has 0 saturated carbocycles. The van der Waals surface area contributed by atoms with Gasteiger partial charge in [0.15, 0.2) is 17.8 Å². The fourth-order valence-electron chi connectivity index (χ4n) is 4.15. The summed E-state index contributed by atoms with van der Waals surface area (Å²) in [6.45, 7) is 0.327. The maximum atomic E-state index is 12.8. The van der Waals surface area contributed by atoms with Crippen LogP contribution in [0.5, 0.6) is 11.5 Å². The first-order valence-electron chi connectivity index (χ1n) is 8.68. The van der Waals surface area contributed by atoms with Crippen molar-refractivity contribution in [2.45, 2.75) is 24.5 Å². The number of carbonyl (C=O) groups is 1. The number of amides is 1. The fraction of sp³-hybridized carbons (Fsp3) is 0.350. The second kappa shape index (κ2) is 6.53. The standard InChI is InChI=1S/C20H21NO6/c1-25-15-10-12-8-9-21-17(22)18(23)27-19(24)20(21,13-6-4-3-5-7-13)14(12)11-16(15)26-2/h3-7,10-11,18-19,23-24H,8-9H2,1-2H3/t18?,19?,20-/m0/s1. The predicted octanol–water partition coefficient (Wildman–Crippen LogP) is 0.999. The average molecular weight is 371 g/mol. The average Bonchev–Trinajstić information content (AvgIpc) is 2.70. The number of carbonyl (C=O) groups excluding carboxylic acids is 1. The summed E-state index contributed by atoms with van der Waals surface area (Å²) < 4.78 is 16.1. The Morgan fingerprint density at radius 3 is 2.44 bits per heavy atom. The maximum absolute atomic E-state index is 12.8. The molecule has 2 aromatic carbocycles. The lowest BCUT2D eigenvalue weighted by Crippen LogP contribution is -2.67. The first kappa shape index (κ1) is 17.8. The Balaban J connectivity index is 2.03. The van der Waals surface area contributed by atoms with E-state index in [0.717, 1.165) is 5.56 Å². The minimum atomic E-state index is -1.70. The summed E-state index contributed by atoms with van der Waals surface area (Å²) >= 11 is 0. The minimum absolute atomic E-state index is 0.327. The lowest BCUT2D eigenvalue weighted by molar-refractivity contribution is -0.279. The van der Waals surface area contributed by atoms with Gasteiger partial charge in [0.1, 0.15) is 5.54 Å². The van der Waals surface area contributed by atoms with E-state index in [1.165, 1.54) is 12.0 Å². The normalized spacial score (nSPS) is 27.0. The van der Waals surface area contributed by atoms with Crippen molar-refractivity contribution >= 4 is 5.91 Å². The van der Waals surface area contributed by atoms with E-state index < -0.39 is 24.0 Å². The Bertz CT molecular complexity index is 870. The van der Waals surface area contributed by atoms with E-state index in [-0.39, 0.29) is 0 Å². The van der Waals surface area contributed by atoms with E-state index in [1.54, 1.807) is 13.2 Å². The lowest BCUT2D eigenvalue weighted by atomic mass is 9.74. The molecule has 2 aliphatic rings. The first-order valence-corrected chi connectivity index (χ1v) is 8.68. The van der Waals surface area contributed by atoms with Crippen LogP contribution in [0.2, 0.25) is 0 Å². The number of morpholine rings is 1. The van der Waals surface area contributed by atoms with E-state index in [4.69, 9.17) is 14.2 Å². The molecule has 1 amide bonds. The van der Waals surface area contributed by atoms with Gasteiger partial charge in [0.05, 0.1) is 14.2 Å². The Kier molecular flexibility index (Phi) is 4.30. The van der Waals surface area contributed by atoms with Crippen molar-refractivity contribution in [1.82, 2.24) is 4.90 Å². The SMILES string of the molecule is COc1cc2c(cc1OC)[C@@]1(c3ccccc3)C(O)OC(O)C(=O)N1CC2. The van der Waals surface area contributed by atoms with Crippen LogP contribution in [0.3, 0.4) is 0 Å². The van der Waals surface area contributed by atoms with Crippen LogP contribution in [0.1, 0.15) is 16.7 Å². The fourth-order valence-corrected chi connectivity index (χ4v) is 4.15. The number of rotatable bonds is 3. The third kappa shape index (κ3) is 2.43. The molecule has 0 spiro atoms. The zero-order valence-electron chi connectivity index (χ0n) is 15.1. The summed E-state index contributed by atoms with van der Waals surface area (Å²) in [5, 5.41) is 20.9. The number of ether oxygens (including phenoxy) is 3. The van der Waals surface area contributed by atoms with Gasteiger partial charge >= 0.3 is 0 Å². The van der Waals surface area contributed by atoms with Crippen LogP contribution in [0, 0.1) is 0 Å². The molecule has 27 heavy (non-hydrogen) atoms. The number of aliphatic hydroxyl groups excluding tert-OH is 2. The molecule has 0 aliphatic carbocycles. The molecule has 2 heterocycles. The molecule has 0 bridgehead atoms. The number of hydrogen-bond donors (Lipinski definition) is 2. The van der Waals surface area contributed by atoms with Crippen LogP contribution in [-0.4, -0.2) is 54.4 Å². The van der Waals surface area contributed by atoms with Gasteiger partial charge in [-0.2, -0.15) is 0 Å². The molecule has 0 aromatic heterocycles. The molecule has 7 heteroatoms.